The van der Waals surface area contributed by atoms with Crippen molar-refractivity contribution in [2.45, 2.75) is 19.1 Å². The van der Waals surface area contributed by atoms with Gasteiger partial charge in [-0.15, -0.1) is 0 Å². The second kappa shape index (κ2) is 4.04. The van der Waals surface area contributed by atoms with E-state index in [1.165, 1.54) is 0 Å². The van der Waals surface area contributed by atoms with Gasteiger partial charge in [0.25, 0.3) is 0 Å². The van der Waals surface area contributed by atoms with Crippen molar-refractivity contribution in [2.24, 2.45) is 5.92 Å². The zero-order valence-electron chi connectivity index (χ0n) is 7.55. The summed E-state index contributed by atoms with van der Waals surface area (Å²) in [5.41, 5.74) is 0. The molecule has 1 aliphatic rings. The van der Waals surface area contributed by atoms with Crippen molar-refractivity contribution < 1.29 is 20.1 Å². The van der Waals surface area contributed by atoms with E-state index in [9.17, 15) is 15.0 Å². The van der Waals surface area contributed by atoms with E-state index < -0.39 is 24.1 Å². The third-order valence-corrected chi connectivity index (χ3v) is 2.29. The lowest BCUT2D eigenvalue weighted by Gasteiger charge is -2.16. The predicted octanol–water partition coefficient (Wildman–Crippen LogP) is -1.26. The summed E-state index contributed by atoms with van der Waals surface area (Å²) < 4.78 is 0. The van der Waals surface area contributed by atoms with E-state index in [2.05, 4.69) is 0 Å². The first-order valence-corrected chi connectivity index (χ1v) is 4.32. The summed E-state index contributed by atoms with van der Waals surface area (Å²) in [6.45, 7) is 2.71. The lowest BCUT2D eigenvalue weighted by Crippen LogP contribution is -2.30. The van der Waals surface area contributed by atoms with Crippen LogP contribution >= 0.6 is 0 Å². The van der Waals surface area contributed by atoms with Gasteiger partial charge in [0.05, 0.1) is 18.1 Å². The molecular formula is C8H15NO4. The largest absolute Gasteiger partial charge is 0.481 e. The Morgan fingerprint density at radius 1 is 1.46 bits per heavy atom. The van der Waals surface area contributed by atoms with Gasteiger partial charge in [-0.05, 0) is 0 Å². The minimum atomic E-state index is -0.851. The van der Waals surface area contributed by atoms with Crippen LogP contribution in [0.5, 0.6) is 0 Å². The molecule has 5 heteroatoms. The van der Waals surface area contributed by atoms with Crippen LogP contribution in [0.3, 0.4) is 0 Å². The molecule has 1 saturated heterocycles. The zero-order chi connectivity index (χ0) is 10.0. The molecule has 3 N–H and O–H groups in total. The summed E-state index contributed by atoms with van der Waals surface area (Å²) in [5.74, 6) is -1.31. The molecule has 0 spiro atoms. The van der Waals surface area contributed by atoms with Crippen LogP contribution < -0.4 is 0 Å². The average molecular weight is 189 g/mol. The molecule has 0 saturated carbocycles. The van der Waals surface area contributed by atoms with E-state index in [0.717, 1.165) is 0 Å². The summed E-state index contributed by atoms with van der Waals surface area (Å²) in [6.07, 6.45) is -1.47. The van der Waals surface area contributed by atoms with Crippen LogP contribution in [-0.4, -0.2) is 58.0 Å². The molecule has 1 unspecified atom stereocenters. The first-order chi connectivity index (χ1) is 6.00. The molecular weight excluding hydrogens is 174 g/mol. The molecule has 5 nitrogen and oxygen atoms in total. The number of hydrogen-bond donors (Lipinski definition) is 3. The van der Waals surface area contributed by atoms with Gasteiger partial charge in [-0.1, -0.05) is 6.92 Å². The highest BCUT2D eigenvalue weighted by molar-refractivity contribution is 5.69. The Morgan fingerprint density at radius 2 is 1.92 bits per heavy atom. The van der Waals surface area contributed by atoms with E-state index in [-0.39, 0.29) is 0 Å². The third kappa shape index (κ3) is 2.65. The highest BCUT2D eigenvalue weighted by atomic mass is 16.4. The van der Waals surface area contributed by atoms with Crippen LogP contribution in [0.15, 0.2) is 0 Å². The van der Waals surface area contributed by atoms with Gasteiger partial charge < -0.3 is 15.3 Å². The molecule has 0 aromatic heterocycles. The van der Waals surface area contributed by atoms with Crippen LogP contribution in [0.1, 0.15) is 6.92 Å². The third-order valence-electron chi connectivity index (χ3n) is 2.29. The summed E-state index contributed by atoms with van der Waals surface area (Å²) >= 11 is 0. The monoisotopic (exact) mass is 189 g/mol. The van der Waals surface area contributed by atoms with Crippen molar-refractivity contribution in [2.75, 3.05) is 19.6 Å². The van der Waals surface area contributed by atoms with Crippen LogP contribution in [0, 0.1) is 5.92 Å². The molecule has 0 aliphatic carbocycles. The molecule has 1 aliphatic heterocycles. The van der Waals surface area contributed by atoms with Crippen LogP contribution in [-0.2, 0) is 4.79 Å². The van der Waals surface area contributed by atoms with Crippen LogP contribution in [0.25, 0.3) is 0 Å². The highest BCUT2D eigenvalue weighted by Crippen LogP contribution is 2.11. The van der Waals surface area contributed by atoms with Gasteiger partial charge in [-0.25, -0.2) is 0 Å². The standard InChI is InChI=1S/C8H15NO4/c1-5(8(12)13)2-9-3-6(10)7(11)4-9/h5-7,10-11H,2-4H2,1H3,(H,12,13)/t5?,6-,7+. The molecule has 0 amide bonds. The van der Waals surface area contributed by atoms with Crippen LogP contribution in [0.4, 0.5) is 0 Å². The minimum Gasteiger partial charge on any atom is -0.481 e. The lowest BCUT2D eigenvalue weighted by atomic mass is 10.2. The van der Waals surface area contributed by atoms with Gasteiger partial charge in [0.15, 0.2) is 0 Å². The Labute approximate surface area is 76.6 Å². The molecule has 0 aromatic carbocycles. The predicted molar refractivity (Wildman–Crippen MR) is 45.3 cm³/mol. The summed E-state index contributed by atoms with van der Waals surface area (Å²) in [7, 11) is 0. The quantitative estimate of drug-likeness (QED) is 0.516. The van der Waals surface area contributed by atoms with Crippen molar-refractivity contribution in [3.8, 4) is 0 Å². The van der Waals surface area contributed by atoms with Crippen molar-refractivity contribution in [3.05, 3.63) is 0 Å². The van der Waals surface area contributed by atoms with E-state index in [4.69, 9.17) is 5.11 Å². The molecule has 0 aromatic rings. The molecule has 76 valence electrons. The normalized spacial score (nSPS) is 31.9. The van der Waals surface area contributed by atoms with Gasteiger partial charge in [-0.3, -0.25) is 9.69 Å². The van der Waals surface area contributed by atoms with E-state index >= 15 is 0 Å². The first kappa shape index (κ1) is 10.4. The Morgan fingerprint density at radius 3 is 2.31 bits per heavy atom. The maximum absolute atomic E-state index is 10.5. The fraction of sp³-hybridized carbons (Fsp3) is 0.875. The van der Waals surface area contributed by atoms with Gasteiger partial charge >= 0.3 is 5.97 Å². The molecule has 0 radical (unpaired) electrons. The van der Waals surface area contributed by atoms with Crippen LogP contribution in [0.2, 0.25) is 0 Å². The fourth-order valence-corrected chi connectivity index (χ4v) is 1.46. The van der Waals surface area contributed by atoms with Crippen molar-refractivity contribution in [1.82, 2.24) is 4.90 Å². The number of carboxylic acid groups (broad SMARTS) is 1. The summed E-state index contributed by atoms with van der Waals surface area (Å²) in [5, 5.41) is 27.0. The van der Waals surface area contributed by atoms with Gasteiger partial charge in [0, 0.05) is 19.6 Å². The number of hydrogen-bond acceptors (Lipinski definition) is 4. The van der Waals surface area contributed by atoms with Crippen molar-refractivity contribution in [3.63, 3.8) is 0 Å². The Kier molecular flexibility index (Phi) is 3.24. The number of rotatable bonds is 3. The zero-order valence-corrected chi connectivity index (χ0v) is 7.55. The van der Waals surface area contributed by atoms with Gasteiger partial charge in [0.1, 0.15) is 0 Å². The molecule has 0 bridgehead atoms. The Bertz CT molecular complexity index is 187. The maximum Gasteiger partial charge on any atom is 0.307 e. The van der Waals surface area contributed by atoms with E-state index in [1.54, 1.807) is 11.8 Å². The number of aliphatic hydroxyl groups is 2. The number of aliphatic carboxylic acids is 1. The molecule has 3 atom stereocenters. The topological polar surface area (TPSA) is 81.0 Å². The second-order valence-corrected chi connectivity index (χ2v) is 3.59. The van der Waals surface area contributed by atoms with Crippen molar-refractivity contribution >= 4 is 5.97 Å². The molecule has 1 heterocycles. The molecule has 1 fully saturated rings. The first-order valence-electron chi connectivity index (χ1n) is 4.32. The van der Waals surface area contributed by atoms with Gasteiger partial charge in [0.2, 0.25) is 0 Å². The number of aliphatic hydroxyl groups excluding tert-OH is 2. The lowest BCUT2D eigenvalue weighted by molar-refractivity contribution is -0.141. The molecule has 13 heavy (non-hydrogen) atoms. The summed E-state index contributed by atoms with van der Waals surface area (Å²) in [4.78, 5) is 12.3. The average Bonchev–Trinajstić information content (AvgIpc) is 2.31. The number of carbonyl (C=O) groups is 1. The van der Waals surface area contributed by atoms with E-state index in [0.29, 0.717) is 19.6 Å². The number of likely N-dealkylation sites (tertiary alicyclic amines) is 1. The van der Waals surface area contributed by atoms with Gasteiger partial charge in [-0.2, -0.15) is 0 Å². The maximum atomic E-state index is 10.5. The Hall–Kier alpha value is -0.650. The highest BCUT2D eigenvalue weighted by Gasteiger charge is 2.30. The smallest absolute Gasteiger partial charge is 0.307 e. The minimum absolute atomic E-state index is 0.360. The molecule has 1 rings (SSSR count). The Balaban J connectivity index is 2.35. The number of carboxylic acids is 1. The SMILES string of the molecule is CC(CN1C[C@@H](O)[C@@H](O)C1)C(=O)O. The summed E-state index contributed by atoms with van der Waals surface area (Å²) in [6, 6.07) is 0. The number of nitrogens with zero attached hydrogens (tertiary/aromatic N) is 1. The van der Waals surface area contributed by atoms with E-state index in [1.807, 2.05) is 0 Å². The van der Waals surface area contributed by atoms with Crippen molar-refractivity contribution in [1.29, 1.82) is 0 Å². The fourth-order valence-electron chi connectivity index (χ4n) is 1.46. The second-order valence-electron chi connectivity index (χ2n) is 3.59. The number of β-amino-alcohol motifs (C(OH)–C–C–N with tert-alkyl or cyclic N) is 2.